The van der Waals surface area contributed by atoms with E-state index in [1.54, 1.807) is 0 Å². The van der Waals surface area contributed by atoms with Gasteiger partial charge in [-0.25, -0.2) is 13.5 Å². The minimum atomic E-state index is -6.54. The number of hydrogen-bond acceptors (Lipinski definition) is 3. The molecule has 0 spiro atoms. The summed E-state index contributed by atoms with van der Waals surface area (Å²) in [5, 5.41) is 0. The monoisotopic (exact) mass is 360 g/mol. The Labute approximate surface area is 123 Å². The van der Waals surface area contributed by atoms with Gasteiger partial charge in [-0.1, -0.05) is 6.58 Å². The summed E-state index contributed by atoms with van der Waals surface area (Å²) in [6.07, 6.45) is -22.6. The van der Waals surface area contributed by atoms with Crippen molar-refractivity contribution >= 4 is 11.6 Å². The summed E-state index contributed by atoms with van der Waals surface area (Å²) in [7, 11) is 0. The summed E-state index contributed by atoms with van der Waals surface area (Å²) in [5.74, 6) is -5.93. The van der Waals surface area contributed by atoms with Crippen LogP contribution < -0.4 is 0 Å². The average Bonchev–Trinajstić information content (AvgIpc) is 2.23. The number of halogens is 9. The van der Waals surface area contributed by atoms with Gasteiger partial charge in [-0.2, -0.15) is 30.7 Å². The molecule has 12 heteroatoms. The van der Waals surface area contributed by atoms with Crippen molar-refractivity contribution in [3.63, 3.8) is 0 Å². The molecule has 0 saturated carbocycles. The number of hydrogen-bond donors (Lipinski definition) is 0. The Morgan fingerprint density at radius 3 is 1.74 bits per heavy atom. The molecule has 0 aliphatic heterocycles. The van der Waals surface area contributed by atoms with Gasteiger partial charge in [0.05, 0.1) is 12.8 Å². The van der Waals surface area contributed by atoms with Crippen molar-refractivity contribution < 1.29 is 53.8 Å². The predicted octanol–water partition coefficient (Wildman–Crippen LogP) is 3.88. The molecule has 134 valence electrons. The summed E-state index contributed by atoms with van der Waals surface area (Å²) in [4.78, 5) is 21.6. The van der Waals surface area contributed by atoms with Crippen molar-refractivity contribution in [3.8, 4) is 0 Å². The molecule has 0 rings (SSSR count). The molecule has 0 bridgehead atoms. The van der Waals surface area contributed by atoms with Crippen molar-refractivity contribution in [2.75, 3.05) is 0 Å². The molecule has 0 N–H and O–H groups in total. The summed E-state index contributed by atoms with van der Waals surface area (Å²) in [5.41, 5.74) is -5.91. The molecule has 0 aromatic heterocycles. The van der Waals surface area contributed by atoms with Crippen LogP contribution in [-0.2, 0) is 14.3 Å². The zero-order valence-corrected chi connectivity index (χ0v) is 11.2. The fraction of sp³-hybridized carbons (Fsp3) is 0.636. The van der Waals surface area contributed by atoms with Gasteiger partial charge in [0.1, 0.15) is 11.6 Å². The van der Waals surface area contributed by atoms with Gasteiger partial charge in [0.2, 0.25) is 0 Å². The summed E-state index contributed by atoms with van der Waals surface area (Å²) < 4.78 is 118. The van der Waals surface area contributed by atoms with E-state index in [1.807, 2.05) is 6.58 Å². The van der Waals surface area contributed by atoms with Crippen LogP contribution in [0.4, 0.5) is 39.5 Å². The third-order valence-electron chi connectivity index (χ3n) is 2.37. The first-order valence-electron chi connectivity index (χ1n) is 5.54. The minimum absolute atomic E-state index is 0.696. The first-order chi connectivity index (χ1) is 9.96. The van der Waals surface area contributed by atoms with E-state index in [1.165, 1.54) is 0 Å². The van der Waals surface area contributed by atoms with Crippen LogP contribution in [0.25, 0.3) is 0 Å². The topological polar surface area (TPSA) is 43.4 Å². The van der Waals surface area contributed by atoms with Crippen LogP contribution in [0.3, 0.4) is 0 Å². The van der Waals surface area contributed by atoms with E-state index in [0.29, 0.717) is 6.92 Å². The van der Waals surface area contributed by atoms with Crippen molar-refractivity contribution in [1.82, 2.24) is 0 Å². The summed E-state index contributed by atoms with van der Waals surface area (Å²) >= 11 is 0. The molecule has 23 heavy (non-hydrogen) atoms. The zero-order valence-electron chi connectivity index (χ0n) is 11.2. The quantitative estimate of drug-likeness (QED) is 0.487. The molecule has 0 aliphatic rings. The van der Waals surface area contributed by atoms with Crippen LogP contribution >= 0.6 is 0 Å². The summed E-state index contributed by atoms with van der Waals surface area (Å²) in [6, 6.07) is 0. The van der Waals surface area contributed by atoms with Gasteiger partial charge in [0, 0.05) is 0 Å². The van der Waals surface area contributed by atoms with Crippen LogP contribution in [0.5, 0.6) is 0 Å². The lowest BCUT2D eigenvalue weighted by Crippen LogP contribution is -2.59. The number of rotatable bonds is 8. The largest absolute Gasteiger partial charge is 0.431 e. The first-order valence-corrected chi connectivity index (χ1v) is 5.54. The number of alkyl halides is 8. The third-order valence-corrected chi connectivity index (χ3v) is 2.37. The Hall–Kier alpha value is -1.59. The van der Waals surface area contributed by atoms with Crippen LogP contribution in [0, 0.1) is 0 Å². The van der Waals surface area contributed by atoms with E-state index < -0.39 is 54.3 Å². The van der Waals surface area contributed by atoms with Crippen LogP contribution in [0.1, 0.15) is 19.8 Å². The maximum absolute atomic E-state index is 13.8. The smallest absolute Gasteiger partial charge is 0.300 e. The molecule has 0 aromatic rings. The van der Waals surface area contributed by atoms with Crippen molar-refractivity contribution in [3.05, 3.63) is 12.4 Å². The fourth-order valence-electron chi connectivity index (χ4n) is 1.28. The Morgan fingerprint density at radius 1 is 1.00 bits per heavy atom. The standard InChI is InChI=1S/C11H9F9O3/c1-5(21)3-7(22)4-8(13,10(16,17)18)11(19,20)23-9(14,15)6(2)12/h2-4H2,1H3. The Bertz CT molecular complexity index is 497. The highest BCUT2D eigenvalue weighted by molar-refractivity contribution is 5.98. The van der Waals surface area contributed by atoms with Gasteiger partial charge < -0.3 is 0 Å². The molecule has 0 fully saturated rings. The van der Waals surface area contributed by atoms with Gasteiger partial charge in [-0.15, -0.1) is 0 Å². The van der Waals surface area contributed by atoms with Crippen molar-refractivity contribution in [2.45, 2.75) is 43.8 Å². The molecular formula is C11H9F9O3. The molecule has 1 unspecified atom stereocenters. The molecule has 0 saturated heterocycles. The maximum Gasteiger partial charge on any atom is 0.431 e. The van der Waals surface area contributed by atoms with Crippen molar-refractivity contribution in [1.29, 1.82) is 0 Å². The normalized spacial score (nSPS) is 15.9. The SMILES string of the molecule is C=C(F)C(F)(F)OC(F)(F)C(F)(CC(=O)CC(C)=O)C(F)(F)F. The highest BCUT2D eigenvalue weighted by Crippen LogP contribution is 2.51. The van der Waals surface area contributed by atoms with E-state index >= 15 is 0 Å². The van der Waals surface area contributed by atoms with Crippen LogP contribution in [0.15, 0.2) is 12.4 Å². The van der Waals surface area contributed by atoms with Gasteiger partial charge in [-0.05, 0) is 6.92 Å². The predicted molar refractivity (Wildman–Crippen MR) is 56.0 cm³/mol. The molecule has 0 heterocycles. The van der Waals surface area contributed by atoms with Crippen molar-refractivity contribution in [2.24, 2.45) is 0 Å². The number of ether oxygens (including phenoxy) is 1. The van der Waals surface area contributed by atoms with E-state index in [0.717, 1.165) is 0 Å². The van der Waals surface area contributed by atoms with Gasteiger partial charge in [-0.3, -0.25) is 9.59 Å². The van der Waals surface area contributed by atoms with Gasteiger partial charge in [0.15, 0.2) is 5.83 Å². The van der Waals surface area contributed by atoms with E-state index in [4.69, 9.17) is 0 Å². The zero-order chi connectivity index (χ0) is 18.9. The van der Waals surface area contributed by atoms with E-state index in [-0.39, 0.29) is 0 Å². The lowest BCUT2D eigenvalue weighted by molar-refractivity contribution is -0.437. The highest BCUT2D eigenvalue weighted by atomic mass is 19.4. The van der Waals surface area contributed by atoms with Gasteiger partial charge >= 0.3 is 24.1 Å². The maximum atomic E-state index is 13.8. The van der Waals surface area contributed by atoms with Crippen LogP contribution in [-0.4, -0.2) is 35.6 Å². The molecule has 3 nitrogen and oxygen atoms in total. The van der Waals surface area contributed by atoms with E-state index in [2.05, 4.69) is 4.74 Å². The molecule has 0 aromatic carbocycles. The lowest BCUT2D eigenvalue weighted by Gasteiger charge is -2.35. The second kappa shape index (κ2) is 6.49. The Kier molecular flexibility index (Phi) is 6.05. The van der Waals surface area contributed by atoms with Crippen LogP contribution in [0.2, 0.25) is 0 Å². The molecule has 1 atom stereocenters. The van der Waals surface area contributed by atoms with Gasteiger partial charge in [0.25, 0.3) is 0 Å². The fourth-order valence-corrected chi connectivity index (χ4v) is 1.28. The Morgan fingerprint density at radius 2 is 1.43 bits per heavy atom. The van der Waals surface area contributed by atoms with E-state index in [9.17, 15) is 49.1 Å². The third kappa shape index (κ3) is 4.94. The highest BCUT2D eigenvalue weighted by Gasteiger charge is 2.75. The average molecular weight is 360 g/mol. The first kappa shape index (κ1) is 21.4. The minimum Gasteiger partial charge on any atom is -0.300 e. The lowest BCUT2D eigenvalue weighted by atomic mass is 9.94. The molecule has 0 amide bonds. The molecular weight excluding hydrogens is 351 g/mol. The second-order valence-corrected chi connectivity index (χ2v) is 4.43. The Balaban J connectivity index is 5.74. The second-order valence-electron chi connectivity index (χ2n) is 4.43. The number of carbonyl (C=O) groups excluding carboxylic acids is 2. The number of Topliss-reactive ketones (excluding diaryl/α,β-unsaturated/α-hetero) is 2. The summed E-state index contributed by atoms with van der Waals surface area (Å²) in [6.45, 7) is 2.56. The number of carbonyl (C=O) groups is 2. The number of ketones is 2. The molecule has 0 aliphatic carbocycles. The molecule has 0 radical (unpaired) electrons.